The number of urea groups is 1. The largest absolute Gasteiger partial charge is 0.338 e. The summed E-state index contributed by atoms with van der Waals surface area (Å²) in [5.74, 6) is -0.0633. The average Bonchev–Trinajstić information content (AvgIpc) is 3.10. The van der Waals surface area contributed by atoms with E-state index < -0.39 is 0 Å². The van der Waals surface area contributed by atoms with Gasteiger partial charge in [-0.2, -0.15) is 0 Å². The first kappa shape index (κ1) is 22.3. The van der Waals surface area contributed by atoms with Crippen molar-refractivity contribution < 1.29 is 14.4 Å². The standard InChI is InChI=1S/C24H30N4O3/c1-16-12-17(2)23(18(3)13-16)26-21(29)15-27(4)24(31)25-20-9-7-19(8-10-20)14-28-11-5-6-22(28)30/h7-10,12-13H,5-6,11,14-15H2,1-4H3,(H,25,31)(H,26,29). The fourth-order valence-corrected chi connectivity index (χ4v) is 3.85. The number of carbonyl (C=O) groups is 3. The number of likely N-dealkylation sites (tertiary alicyclic amines) is 1. The van der Waals surface area contributed by atoms with Crippen LogP contribution >= 0.6 is 0 Å². The number of hydrogen-bond donors (Lipinski definition) is 2. The minimum Gasteiger partial charge on any atom is -0.338 e. The molecule has 2 N–H and O–H groups in total. The van der Waals surface area contributed by atoms with Crippen LogP contribution in [-0.2, 0) is 16.1 Å². The second-order valence-corrected chi connectivity index (χ2v) is 8.22. The molecule has 0 radical (unpaired) electrons. The molecule has 1 aliphatic rings. The van der Waals surface area contributed by atoms with Crippen LogP contribution in [0, 0.1) is 20.8 Å². The van der Waals surface area contributed by atoms with Crippen LogP contribution in [0.5, 0.6) is 0 Å². The quantitative estimate of drug-likeness (QED) is 0.742. The molecule has 0 spiro atoms. The van der Waals surface area contributed by atoms with Crippen LogP contribution in [0.25, 0.3) is 0 Å². The fraction of sp³-hybridized carbons (Fsp3) is 0.375. The topological polar surface area (TPSA) is 81.8 Å². The molecule has 7 nitrogen and oxygen atoms in total. The molecule has 31 heavy (non-hydrogen) atoms. The fourth-order valence-electron chi connectivity index (χ4n) is 3.85. The lowest BCUT2D eigenvalue weighted by Crippen LogP contribution is -2.37. The van der Waals surface area contributed by atoms with Crippen molar-refractivity contribution in [3.05, 3.63) is 58.7 Å². The van der Waals surface area contributed by atoms with Gasteiger partial charge in [0.25, 0.3) is 0 Å². The predicted octanol–water partition coefficient (Wildman–Crippen LogP) is 3.84. The lowest BCUT2D eigenvalue weighted by Gasteiger charge is -2.19. The Morgan fingerprint density at radius 1 is 1.03 bits per heavy atom. The van der Waals surface area contributed by atoms with Gasteiger partial charge in [0.15, 0.2) is 0 Å². The van der Waals surface area contributed by atoms with Crippen molar-refractivity contribution in [2.45, 2.75) is 40.2 Å². The first-order valence-electron chi connectivity index (χ1n) is 10.5. The zero-order chi connectivity index (χ0) is 22.5. The highest BCUT2D eigenvalue weighted by atomic mass is 16.2. The zero-order valence-corrected chi connectivity index (χ0v) is 18.6. The van der Waals surface area contributed by atoms with E-state index >= 15 is 0 Å². The van der Waals surface area contributed by atoms with E-state index in [1.165, 1.54) is 4.90 Å². The Kier molecular flexibility index (Phi) is 6.95. The second kappa shape index (κ2) is 9.64. The van der Waals surface area contributed by atoms with E-state index in [0.717, 1.165) is 40.9 Å². The van der Waals surface area contributed by atoms with Crippen molar-refractivity contribution in [2.24, 2.45) is 0 Å². The Labute approximate surface area is 183 Å². The second-order valence-electron chi connectivity index (χ2n) is 8.22. The van der Waals surface area contributed by atoms with E-state index in [9.17, 15) is 14.4 Å². The highest BCUT2D eigenvalue weighted by Gasteiger charge is 2.20. The SMILES string of the molecule is Cc1cc(C)c(NC(=O)CN(C)C(=O)Nc2ccc(CN3CCCC3=O)cc2)c(C)c1. The summed E-state index contributed by atoms with van der Waals surface area (Å²) in [6, 6.07) is 11.1. The van der Waals surface area contributed by atoms with Crippen LogP contribution in [0.4, 0.5) is 16.2 Å². The van der Waals surface area contributed by atoms with Crippen molar-refractivity contribution in [3.8, 4) is 0 Å². The predicted molar refractivity (Wildman–Crippen MR) is 122 cm³/mol. The molecular formula is C24H30N4O3. The summed E-state index contributed by atoms with van der Waals surface area (Å²) < 4.78 is 0. The third kappa shape index (κ3) is 5.84. The molecule has 1 heterocycles. The highest BCUT2D eigenvalue weighted by molar-refractivity contribution is 5.97. The van der Waals surface area contributed by atoms with Gasteiger partial charge < -0.3 is 20.4 Å². The van der Waals surface area contributed by atoms with Crippen molar-refractivity contribution in [2.75, 3.05) is 30.8 Å². The van der Waals surface area contributed by atoms with Crippen molar-refractivity contribution in [1.29, 1.82) is 0 Å². The Morgan fingerprint density at radius 2 is 1.68 bits per heavy atom. The van der Waals surface area contributed by atoms with Crippen LogP contribution < -0.4 is 10.6 Å². The van der Waals surface area contributed by atoms with E-state index in [1.54, 1.807) is 19.2 Å². The van der Waals surface area contributed by atoms with Crippen LogP contribution in [0.1, 0.15) is 35.1 Å². The normalized spacial score (nSPS) is 13.3. The van der Waals surface area contributed by atoms with Gasteiger partial charge in [-0.1, -0.05) is 29.8 Å². The first-order valence-corrected chi connectivity index (χ1v) is 10.5. The molecule has 0 aliphatic carbocycles. The summed E-state index contributed by atoms with van der Waals surface area (Å²) in [5, 5.41) is 5.71. The Bertz CT molecular complexity index is 962. The van der Waals surface area contributed by atoms with Crippen molar-refractivity contribution in [1.82, 2.24) is 9.80 Å². The number of likely N-dealkylation sites (N-methyl/N-ethyl adjacent to an activating group) is 1. The van der Waals surface area contributed by atoms with Gasteiger partial charge in [-0.05, 0) is 56.0 Å². The summed E-state index contributed by atoms with van der Waals surface area (Å²) in [6.45, 7) is 7.25. The maximum absolute atomic E-state index is 12.5. The minimum absolute atomic E-state index is 0.0618. The lowest BCUT2D eigenvalue weighted by atomic mass is 10.1. The van der Waals surface area contributed by atoms with Gasteiger partial charge in [0.2, 0.25) is 11.8 Å². The Hall–Kier alpha value is -3.35. The first-order chi connectivity index (χ1) is 14.7. The number of amides is 4. The number of nitrogens with zero attached hydrogens (tertiary/aromatic N) is 2. The number of aryl methyl sites for hydroxylation is 3. The molecule has 1 fully saturated rings. The molecule has 3 rings (SSSR count). The summed E-state index contributed by atoms with van der Waals surface area (Å²) in [4.78, 5) is 39.8. The van der Waals surface area contributed by atoms with E-state index in [-0.39, 0.29) is 24.4 Å². The molecule has 0 saturated carbocycles. The van der Waals surface area contributed by atoms with E-state index in [2.05, 4.69) is 10.6 Å². The number of hydrogen-bond acceptors (Lipinski definition) is 3. The van der Waals surface area contributed by atoms with Gasteiger partial charge >= 0.3 is 6.03 Å². The molecule has 7 heteroatoms. The van der Waals surface area contributed by atoms with E-state index in [4.69, 9.17) is 0 Å². The molecule has 4 amide bonds. The third-order valence-electron chi connectivity index (χ3n) is 5.42. The maximum Gasteiger partial charge on any atom is 0.322 e. The highest BCUT2D eigenvalue weighted by Crippen LogP contribution is 2.22. The molecule has 0 unspecified atom stereocenters. The zero-order valence-electron chi connectivity index (χ0n) is 18.6. The summed E-state index contributed by atoms with van der Waals surface area (Å²) in [5.41, 5.74) is 5.57. The van der Waals surface area contributed by atoms with Crippen LogP contribution in [0.15, 0.2) is 36.4 Å². The average molecular weight is 423 g/mol. The number of benzene rings is 2. The molecular weight excluding hydrogens is 392 g/mol. The molecule has 1 saturated heterocycles. The van der Waals surface area contributed by atoms with Crippen LogP contribution in [-0.4, -0.2) is 47.8 Å². The van der Waals surface area contributed by atoms with Gasteiger partial charge in [0.1, 0.15) is 6.54 Å². The maximum atomic E-state index is 12.5. The monoisotopic (exact) mass is 422 g/mol. The van der Waals surface area contributed by atoms with Gasteiger partial charge in [0.05, 0.1) is 0 Å². The van der Waals surface area contributed by atoms with E-state index in [0.29, 0.717) is 18.7 Å². The Morgan fingerprint density at radius 3 is 2.26 bits per heavy atom. The third-order valence-corrected chi connectivity index (χ3v) is 5.42. The molecule has 0 bridgehead atoms. The van der Waals surface area contributed by atoms with Gasteiger partial charge in [-0.25, -0.2) is 4.79 Å². The molecule has 1 aliphatic heterocycles. The summed E-state index contributed by atoms with van der Waals surface area (Å²) in [6.07, 6.45) is 1.53. The molecule has 164 valence electrons. The van der Waals surface area contributed by atoms with Gasteiger partial charge in [-0.3, -0.25) is 9.59 Å². The van der Waals surface area contributed by atoms with Gasteiger partial charge in [-0.15, -0.1) is 0 Å². The number of carbonyl (C=O) groups excluding carboxylic acids is 3. The van der Waals surface area contributed by atoms with Crippen LogP contribution in [0.2, 0.25) is 0 Å². The lowest BCUT2D eigenvalue weighted by molar-refractivity contribution is -0.128. The van der Waals surface area contributed by atoms with Gasteiger partial charge in [0, 0.05) is 37.9 Å². The Balaban J connectivity index is 1.52. The summed E-state index contributed by atoms with van der Waals surface area (Å²) in [7, 11) is 1.58. The number of anilines is 2. The minimum atomic E-state index is -0.366. The van der Waals surface area contributed by atoms with E-state index in [1.807, 2.05) is 49.9 Å². The molecule has 0 atom stereocenters. The van der Waals surface area contributed by atoms with Crippen LogP contribution in [0.3, 0.4) is 0 Å². The molecule has 2 aromatic rings. The van der Waals surface area contributed by atoms with Crippen molar-refractivity contribution in [3.63, 3.8) is 0 Å². The summed E-state index contributed by atoms with van der Waals surface area (Å²) >= 11 is 0. The smallest absolute Gasteiger partial charge is 0.322 e. The molecule has 0 aromatic heterocycles. The number of nitrogens with one attached hydrogen (secondary N) is 2. The van der Waals surface area contributed by atoms with Crippen molar-refractivity contribution >= 4 is 29.2 Å². The number of rotatable bonds is 6. The molecule has 2 aromatic carbocycles.